The molecule has 0 aromatic carbocycles. The van der Waals surface area contributed by atoms with Gasteiger partial charge in [-0.15, -0.1) is 0 Å². The van der Waals surface area contributed by atoms with Crippen LogP contribution in [0.5, 0.6) is 0 Å². The summed E-state index contributed by atoms with van der Waals surface area (Å²) in [6.45, 7) is 5.11. The minimum atomic E-state index is 0.249. The van der Waals surface area contributed by atoms with E-state index < -0.39 is 0 Å². The van der Waals surface area contributed by atoms with Gasteiger partial charge in [0.25, 0.3) is 0 Å². The zero-order valence-electron chi connectivity index (χ0n) is 10.5. The van der Waals surface area contributed by atoms with E-state index in [-0.39, 0.29) is 6.04 Å². The lowest BCUT2D eigenvalue weighted by Gasteiger charge is -2.30. The monoisotopic (exact) mass is 234 g/mol. The maximum atomic E-state index is 5.93. The van der Waals surface area contributed by atoms with E-state index in [2.05, 4.69) is 21.8 Å². The summed E-state index contributed by atoms with van der Waals surface area (Å²) in [5.41, 5.74) is 6.98. The summed E-state index contributed by atoms with van der Waals surface area (Å²) in [6.07, 6.45) is 7.32. The zero-order chi connectivity index (χ0) is 12.1. The van der Waals surface area contributed by atoms with Crippen LogP contribution in [0.3, 0.4) is 0 Å². The Hall–Kier alpha value is -1.00. The predicted octanol–water partition coefficient (Wildman–Crippen LogP) is 1.60. The standard InChI is InChI=1S/C13H22N4/c1-2-7-17(9-11-3-4-11)13(8-14)12-5-6-15-10-16-12/h5-6,10-11,13H,2-4,7-9,14H2,1H3. The lowest BCUT2D eigenvalue weighted by Crippen LogP contribution is -2.36. The Balaban J connectivity index is 2.07. The van der Waals surface area contributed by atoms with Crippen LogP contribution in [-0.4, -0.2) is 34.5 Å². The van der Waals surface area contributed by atoms with Gasteiger partial charge in [0, 0.05) is 19.3 Å². The quantitative estimate of drug-likeness (QED) is 0.778. The van der Waals surface area contributed by atoms with Crippen molar-refractivity contribution in [3.8, 4) is 0 Å². The molecule has 17 heavy (non-hydrogen) atoms. The van der Waals surface area contributed by atoms with Crippen molar-refractivity contribution in [2.75, 3.05) is 19.6 Å². The highest BCUT2D eigenvalue weighted by molar-refractivity contribution is 5.06. The second-order valence-corrected chi connectivity index (χ2v) is 4.82. The molecule has 4 heteroatoms. The Labute approximate surface area is 103 Å². The topological polar surface area (TPSA) is 55.0 Å². The van der Waals surface area contributed by atoms with Crippen LogP contribution in [0.1, 0.15) is 37.9 Å². The molecule has 0 radical (unpaired) electrons. The van der Waals surface area contributed by atoms with Crippen molar-refractivity contribution in [3.05, 3.63) is 24.3 Å². The van der Waals surface area contributed by atoms with Crippen molar-refractivity contribution in [2.45, 2.75) is 32.2 Å². The molecule has 0 spiro atoms. The van der Waals surface area contributed by atoms with Gasteiger partial charge in [0.15, 0.2) is 0 Å². The van der Waals surface area contributed by atoms with Crippen molar-refractivity contribution in [1.29, 1.82) is 0 Å². The van der Waals surface area contributed by atoms with Crippen molar-refractivity contribution in [2.24, 2.45) is 11.7 Å². The average molecular weight is 234 g/mol. The van der Waals surface area contributed by atoms with Gasteiger partial charge in [-0.1, -0.05) is 6.92 Å². The van der Waals surface area contributed by atoms with Crippen molar-refractivity contribution in [1.82, 2.24) is 14.9 Å². The fourth-order valence-corrected chi connectivity index (χ4v) is 2.25. The molecule has 1 aromatic rings. The largest absolute Gasteiger partial charge is 0.329 e. The van der Waals surface area contributed by atoms with Gasteiger partial charge in [-0.25, -0.2) is 9.97 Å². The van der Waals surface area contributed by atoms with Crippen LogP contribution in [0.25, 0.3) is 0 Å². The second-order valence-electron chi connectivity index (χ2n) is 4.82. The van der Waals surface area contributed by atoms with Gasteiger partial charge < -0.3 is 5.73 Å². The number of aromatic nitrogens is 2. The minimum Gasteiger partial charge on any atom is -0.329 e. The highest BCUT2D eigenvalue weighted by atomic mass is 15.2. The third-order valence-corrected chi connectivity index (χ3v) is 3.31. The molecule has 1 aromatic heterocycles. The molecule has 4 nitrogen and oxygen atoms in total. The number of nitrogens with two attached hydrogens (primary N) is 1. The Kier molecular flexibility index (Phi) is 4.45. The average Bonchev–Trinajstić information content (AvgIpc) is 3.16. The van der Waals surface area contributed by atoms with Crippen LogP contribution < -0.4 is 5.73 Å². The molecule has 2 N–H and O–H groups in total. The van der Waals surface area contributed by atoms with Gasteiger partial charge >= 0.3 is 0 Å². The van der Waals surface area contributed by atoms with Gasteiger partial charge in [0.05, 0.1) is 11.7 Å². The first kappa shape index (κ1) is 12.5. The van der Waals surface area contributed by atoms with E-state index in [0.29, 0.717) is 6.54 Å². The molecular weight excluding hydrogens is 212 g/mol. The maximum absolute atomic E-state index is 5.93. The van der Waals surface area contributed by atoms with E-state index in [1.807, 2.05) is 6.07 Å². The van der Waals surface area contributed by atoms with E-state index in [9.17, 15) is 0 Å². The number of nitrogens with zero attached hydrogens (tertiary/aromatic N) is 3. The summed E-state index contributed by atoms with van der Waals surface area (Å²) in [7, 11) is 0. The molecule has 0 aliphatic heterocycles. The zero-order valence-corrected chi connectivity index (χ0v) is 10.5. The van der Waals surface area contributed by atoms with Crippen LogP contribution in [0.15, 0.2) is 18.6 Å². The molecule has 0 bridgehead atoms. The summed E-state index contributed by atoms with van der Waals surface area (Å²) >= 11 is 0. The van der Waals surface area contributed by atoms with Crippen molar-refractivity contribution >= 4 is 0 Å². The number of rotatable bonds is 7. The molecule has 2 rings (SSSR count). The van der Waals surface area contributed by atoms with Gasteiger partial charge in [0.1, 0.15) is 6.33 Å². The van der Waals surface area contributed by atoms with Crippen LogP contribution in [0, 0.1) is 5.92 Å². The summed E-state index contributed by atoms with van der Waals surface area (Å²) in [4.78, 5) is 10.8. The highest BCUT2D eigenvalue weighted by Gasteiger charge is 2.28. The van der Waals surface area contributed by atoms with Crippen molar-refractivity contribution in [3.63, 3.8) is 0 Å². The molecule has 1 heterocycles. The van der Waals surface area contributed by atoms with Gasteiger partial charge in [0.2, 0.25) is 0 Å². The first-order valence-corrected chi connectivity index (χ1v) is 6.55. The molecule has 1 aliphatic rings. The molecule has 1 aliphatic carbocycles. The molecule has 1 unspecified atom stereocenters. The molecule has 1 fully saturated rings. The third kappa shape index (κ3) is 3.48. The molecule has 1 saturated carbocycles. The summed E-state index contributed by atoms with van der Waals surface area (Å²) in [5.74, 6) is 0.887. The van der Waals surface area contributed by atoms with Crippen LogP contribution >= 0.6 is 0 Å². The Morgan fingerprint density at radius 1 is 1.53 bits per heavy atom. The molecule has 94 valence electrons. The van der Waals surface area contributed by atoms with E-state index in [4.69, 9.17) is 5.73 Å². The molecule has 0 amide bonds. The van der Waals surface area contributed by atoms with E-state index in [1.54, 1.807) is 12.5 Å². The first-order chi connectivity index (χ1) is 8.35. The SMILES string of the molecule is CCCN(CC1CC1)C(CN)c1ccncn1. The second kappa shape index (κ2) is 6.07. The molecular formula is C13H22N4. The maximum Gasteiger partial charge on any atom is 0.115 e. The fraction of sp³-hybridized carbons (Fsp3) is 0.692. The lowest BCUT2D eigenvalue weighted by molar-refractivity contribution is 0.189. The van der Waals surface area contributed by atoms with E-state index in [1.165, 1.54) is 19.4 Å². The lowest BCUT2D eigenvalue weighted by atomic mass is 10.1. The highest BCUT2D eigenvalue weighted by Crippen LogP contribution is 2.32. The fourth-order valence-electron chi connectivity index (χ4n) is 2.25. The minimum absolute atomic E-state index is 0.249. The Morgan fingerprint density at radius 3 is 2.88 bits per heavy atom. The summed E-state index contributed by atoms with van der Waals surface area (Å²) < 4.78 is 0. The Morgan fingerprint density at radius 2 is 2.35 bits per heavy atom. The smallest absolute Gasteiger partial charge is 0.115 e. The third-order valence-electron chi connectivity index (χ3n) is 3.31. The first-order valence-electron chi connectivity index (χ1n) is 6.55. The molecule has 0 saturated heterocycles. The van der Waals surface area contributed by atoms with Gasteiger partial charge in [-0.3, -0.25) is 4.90 Å². The summed E-state index contributed by atoms with van der Waals surface area (Å²) in [6, 6.07) is 2.23. The van der Waals surface area contributed by atoms with Crippen LogP contribution in [-0.2, 0) is 0 Å². The normalized spacial score (nSPS) is 17.4. The van der Waals surface area contributed by atoms with Crippen LogP contribution in [0.4, 0.5) is 0 Å². The number of hydrogen-bond donors (Lipinski definition) is 1. The van der Waals surface area contributed by atoms with Gasteiger partial charge in [-0.2, -0.15) is 0 Å². The van der Waals surface area contributed by atoms with E-state index >= 15 is 0 Å². The van der Waals surface area contributed by atoms with Gasteiger partial charge in [-0.05, 0) is 37.8 Å². The van der Waals surface area contributed by atoms with E-state index in [0.717, 1.165) is 24.6 Å². The molecule has 1 atom stereocenters. The van der Waals surface area contributed by atoms with Crippen molar-refractivity contribution < 1.29 is 0 Å². The predicted molar refractivity (Wildman–Crippen MR) is 68.4 cm³/mol. The van der Waals surface area contributed by atoms with Crippen LogP contribution in [0.2, 0.25) is 0 Å². The summed E-state index contributed by atoms with van der Waals surface area (Å²) in [5, 5.41) is 0. The Bertz CT molecular complexity index is 323. The number of hydrogen-bond acceptors (Lipinski definition) is 4.